The fourth-order valence-corrected chi connectivity index (χ4v) is 6.72. The molecule has 0 spiro atoms. The maximum Gasteiger partial charge on any atom is 0.279 e. The molecule has 9 nitrogen and oxygen atoms in total. The van der Waals surface area contributed by atoms with Crippen molar-refractivity contribution in [2.24, 2.45) is 24.1 Å². The van der Waals surface area contributed by atoms with Crippen molar-refractivity contribution in [3.8, 4) is 23.0 Å². The van der Waals surface area contributed by atoms with E-state index in [0.717, 1.165) is 31.9 Å². The van der Waals surface area contributed by atoms with E-state index >= 15 is 0 Å². The van der Waals surface area contributed by atoms with Gasteiger partial charge in [0, 0.05) is 25.2 Å². The minimum Gasteiger partial charge on any atom is -0.495 e. The number of carbonyl (C=O) groups excluding carboxylic acids is 2. The van der Waals surface area contributed by atoms with Crippen molar-refractivity contribution in [3.05, 3.63) is 106 Å². The van der Waals surface area contributed by atoms with E-state index in [0.29, 0.717) is 32.2 Å². The fourth-order valence-electron chi connectivity index (χ4n) is 4.65. The van der Waals surface area contributed by atoms with Crippen LogP contribution in [0.4, 0.5) is 0 Å². The third-order valence-corrected chi connectivity index (χ3v) is 9.04. The highest BCUT2D eigenvalue weighted by Crippen LogP contribution is 2.28. The zero-order valence-electron chi connectivity index (χ0n) is 23.7. The third kappa shape index (κ3) is 5.47. The molecule has 6 rings (SSSR count). The Balaban J connectivity index is 1.16. The normalized spacial score (nSPS) is 12.2. The van der Waals surface area contributed by atoms with Crippen molar-refractivity contribution in [2.45, 2.75) is 0 Å². The van der Waals surface area contributed by atoms with Crippen LogP contribution >= 0.6 is 22.7 Å². The number of carbonyl (C=O) groups is 2. The molecule has 2 amide bonds. The lowest BCUT2D eigenvalue weighted by Gasteiger charge is -2.06. The van der Waals surface area contributed by atoms with Gasteiger partial charge >= 0.3 is 0 Å². The molecular weight excluding hydrogens is 585 g/mol. The maximum absolute atomic E-state index is 12.9. The third-order valence-electron chi connectivity index (χ3n) is 6.84. The number of amides is 2. The predicted octanol–water partition coefficient (Wildman–Crippen LogP) is 6.08. The zero-order chi connectivity index (χ0) is 30.1. The zero-order valence-corrected chi connectivity index (χ0v) is 25.4. The SMILES string of the molecule is COc1cccc2sc(=NC(=O)c3ccc(Oc4ccc(C(=O)N=c5sc6cccc(OC)c6n5C)cc4)cc3)n(C)c12. The summed E-state index contributed by atoms with van der Waals surface area (Å²) in [7, 11) is 6.96. The van der Waals surface area contributed by atoms with Crippen LogP contribution in [-0.4, -0.2) is 35.2 Å². The van der Waals surface area contributed by atoms with Crippen molar-refractivity contribution in [2.75, 3.05) is 14.2 Å². The first kappa shape index (κ1) is 28.1. The van der Waals surface area contributed by atoms with Crippen LogP contribution in [0.3, 0.4) is 0 Å². The Hall–Kier alpha value is -5.00. The van der Waals surface area contributed by atoms with Gasteiger partial charge in [-0.15, -0.1) is 0 Å². The van der Waals surface area contributed by atoms with Gasteiger partial charge in [0.1, 0.15) is 34.0 Å². The van der Waals surface area contributed by atoms with Crippen molar-refractivity contribution >= 4 is 54.9 Å². The molecule has 2 heterocycles. The van der Waals surface area contributed by atoms with Crippen molar-refractivity contribution in [1.82, 2.24) is 9.13 Å². The lowest BCUT2D eigenvalue weighted by atomic mass is 10.2. The first-order chi connectivity index (χ1) is 20.9. The molecule has 43 heavy (non-hydrogen) atoms. The quantitative estimate of drug-likeness (QED) is 0.228. The van der Waals surface area contributed by atoms with Gasteiger partial charge in [-0.3, -0.25) is 9.59 Å². The van der Waals surface area contributed by atoms with E-state index in [2.05, 4.69) is 9.98 Å². The molecule has 0 atom stereocenters. The Morgan fingerprint density at radius 2 is 1.00 bits per heavy atom. The second kappa shape index (κ2) is 11.7. The van der Waals surface area contributed by atoms with Crippen molar-refractivity contribution in [1.29, 1.82) is 0 Å². The predicted molar refractivity (Wildman–Crippen MR) is 167 cm³/mol. The van der Waals surface area contributed by atoms with Gasteiger partial charge < -0.3 is 23.3 Å². The minimum atomic E-state index is -0.357. The van der Waals surface area contributed by atoms with Gasteiger partial charge in [-0.05, 0) is 72.8 Å². The lowest BCUT2D eigenvalue weighted by molar-refractivity contribution is 0.0989. The molecule has 0 aliphatic carbocycles. The highest BCUT2D eigenvalue weighted by molar-refractivity contribution is 7.16. The Bertz CT molecular complexity index is 1980. The van der Waals surface area contributed by atoms with Crippen LogP contribution in [0.5, 0.6) is 23.0 Å². The number of fused-ring (bicyclic) bond motifs is 2. The summed E-state index contributed by atoms with van der Waals surface area (Å²) in [5.74, 6) is 1.83. The topological polar surface area (TPSA) is 96.4 Å². The van der Waals surface area contributed by atoms with Crippen LogP contribution in [0.1, 0.15) is 20.7 Å². The summed E-state index contributed by atoms with van der Waals surface area (Å²) in [5, 5.41) is 0. The Morgan fingerprint density at radius 3 is 1.37 bits per heavy atom. The van der Waals surface area contributed by atoms with Crippen molar-refractivity contribution < 1.29 is 23.8 Å². The van der Waals surface area contributed by atoms with E-state index < -0.39 is 0 Å². The van der Waals surface area contributed by atoms with E-state index in [4.69, 9.17) is 14.2 Å². The number of nitrogens with zero attached hydrogens (tertiary/aromatic N) is 4. The van der Waals surface area contributed by atoms with Gasteiger partial charge in [-0.2, -0.15) is 9.98 Å². The summed E-state index contributed by atoms with van der Waals surface area (Å²) in [6, 6.07) is 25.0. The molecule has 11 heteroatoms. The van der Waals surface area contributed by atoms with Crippen LogP contribution in [0, 0.1) is 0 Å². The lowest BCUT2D eigenvalue weighted by Crippen LogP contribution is -2.13. The summed E-state index contributed by atoms with van der Waals surface area (Å²) >= 11 is 2.84. The van der Waals surface area contributed by atoms with Crippen LogP contribution in [0.15, 0.2) is 94.9 Å². The number of hydrogen-bond acceptors (Lipinski definition) is 7. The van der Waals surface area contributed by atoms with E-state index in [1.54, 1.807) is 62.8 Å². The first-order valence-corrected chi connectivity index (χ1v) is 14.8. The average molecular weight is 611 g/mol. The number of methoxy groups -OCH3 is 2. The van der Waals surface area contributed by atoms with Gasteiger partial charge in [0.05, 0.1) is 23.6 Å². The van der Waals surface area contributed by atoms with Gasteiger partial charge in [-0.1, -0.05) is 34.8 Å². The molecule has 0 N–H and O–H groups in total. The fraction of sp³-hybridized carbons (Fsp3) is 0.125. The number of ether oxygens (including phenoxy) is 3. The van der Waals surface area contributed by atoms with Crippen LogP contribution in [-0.2, 0) is 14.1 Å². The molecule has 2 aromatic heterocycles. The summed E-state index contributed by atoms with van der Waals surface area (Å²) in [4.78, 5) is 35.6. The Labute approximate surface area is 254 Å². The van der Waals surface area contributed by atoms with E-state index in [1.807, 2.05) is 59.6 Å². The van der Waals surface area contributed by atoms with E-state index in [1.165, 1.54) is 22.7 Å². The molecular formula is C32H26N4O5S2. The van der Waals surface area contributed by atoms with Gasteiger partial charge in [0.25, 0.3) is 11.8 Å². The first-order valence-electron chi connectivity index (χ1n) is 13.2. The van der Waals surface area contributed by atoms with Gasteiger partial charge in [0.2, 0.25) is 0 Å². The summed E-state index contributed by atoms with van der Waals surface area (Å²) in [6.07, 6.45) is 0. The molecule has 6 aromatic rings. The largest absolute Gasteiger partial charge is 0.495 e. The number of rotatable bonds is 6. The minimum absolute atomic E-state index is 0.357. The molecule has 4 aromatic carbocycles. The summed E-state index contributed by atoms with van der Waals surface area (Å²) < 4.78 is 22.5. The molecule has 216 valence electrons. The second-order valence-electron chi connectivity index (χ2n) is 9.49. The highest BCUT2D eigenvalue weighted by Gasteiger charge is 2.13. The second-order valence-corrected chi connectivity index (χ2v) is 11.5. The smallest absolute Gasteiger partial charge is 0.279 e. The monoisotopic (exact) mass is 610 g/mol. The van der Waals surface area contributed by atoms with E-state index in [9.17, 15) is 9.59 Å². The van der Waals surface area contributed by atoms with Crippen molar-refractivity contribution in [3.63, 3.8) is 0 Å². The van der Waals surface area contributed by atoms with Crippen LogP contribution < -0.4 is 23.8 Å². The molecule has 0 saturated heterocycles. The summed E-state index contributed by atoms with van der Waals surface area (Å²) in [5.41, 5.74) is 2.65. The van der Waals surface area contributed by atoms with Gasteiger partial charge in [-0.25, -0.2) is 0 Å². The number of hydrogen-bond donors (Lipinski definition) is 0. The molecule has 0 unspecified atom stereocenters. The maximum atomic E-state index is 12.9. The van der Waals surface area contributed by atoms with E-state index in [-0.39, 0.29) is 11.8 Å². The average Bonchev–Trinajstić information content (AvgIpc) is 3.52. The Kier molecular flexibility index (Phi) is 7.66. The standard InChI is InChI=1S/C32H26N4O5S2/c1-35-27-23(39-3)7-5-9-25(27)42-31(35)33-29(37)19-11-15-21(16-12-19)41-22-17-13-20(14-18-22)30(38)34-32-36(2)28-24(40-4)8-6-10-26(28)43-32/h5-18H,1-4H3. The number of aryl methyl sites for hydroxylation is 2. The molecule has 0 saturated carbocycles. The molecule has 0 aliphatic heterocycles. The number of para-hydroxylation sites is 2. The molecule has 0 radical (unpaired) electrons. The number of aromatic nitrogens is 2. The molecule has 0 aliphatic rings. The van der Waals surface area contributed by atoms with Crippen LogP contribution in [0.25, 0.3) is 20.4 Å². The van der Waals surface area contributed by atoms with Crippen LogP contribution in [0.2, 0.25) is 0 Å². The molecule has 0 bridgehead atoms. The Morgan fingerprint density at radius 1 is 0.605 bits per heavy atom. The number of thiazole rings is 2. The van der Waals surface area contributed by atoms with Gasteiger partial charge in [0.15, 0.2) is 9.60 Å². The highest BCUT2D eigenvalue weighted by atomic mass is 32.1. The summed E-state index contributed by atoms with van der Waals surface area (Å²) in [6.45, 7) is 0. The number of benzene rings is 4. The molecule has 0 fully saturated rings.